The first-order valence-electron chi connectivity index (χ1n) is 8.49. The molecule has 2 saturated heterocycles. The van der Waals surface area contributed by atoms with E-state index in [0.29, 0.717) is 18.1 Å². The molecule has 0 bridgehead atoms. The molecule has 1 aliphatic carbocycles. The molecule has 5 nitrogen and oxygen atoms in total. The van der Waals surface area contributed by atoms with Gasteiger partial charge in [0, 0.05) is 6.04 Å². The van der Waals surface area contributed by atoms with Gasteiger partial charge in [-0.05, 0) is 70.4 Å². The Labute approximate surface area is 132 Å². The lowest BCUT2D eigenvalue weighted by atomic mass is 9.80. The lowest BCUT2D eigenvalue weighted by Crippen LogP contribution is -2.46. The molecule has 4 atom stereocenters. The predicted octanol–water partition coefficient (Wildman–Crippen LogP) is 1.50. The van der Waals surface area contributed by atoms with Gasteiger partial charge < -0.3 is 10.6 Å². The summed E-state index contributed by atoms with van der Waals surface area (Å²) < 4.78 is 0. The molecule has 0 radical (unpaired) electrons. The highest BCUT2D eigenvalue weighted by Gasteiger charge is 2.32. The van der Waals surface area contributed by atoms with E-state index in [-0.39, 0.29) is 11.7 Å². The van der Waals surface area contributed by atoms with Gasteiger partial charge in [-0.2, -0.15) is 5.48 Å². The van der Waals surface area contributed by atoms with Gasteiger partial charge >= 0.3 is 0 Å². The van der Waals surface area contributed by atoms with Gasteiger partial charge in [0.25, 0.3) is 0 Å². The van der Waals surface area contributed by atoms with Gasteiger partial charge in [-0.15, -0.1) is 11.6 Å². The van der Waals surface area contributed by atoms with Crippen molar-refractivity contribution < 1.29 is 4.84 Å². The number of hydrogen-bond acceptors (Lipinski definition) is 5. The first-order chi connectivity index (χ1) is 10.2. The predicted molar refractivity (Wildman–Crippen MR) is 84.7 cm³/mol. The molecule has 0 amide bonds. The zero-order chi connectivity index (χ0) is 14.7. The van der Waals surface area contributed by atoms with E-state index in [2.05, 4.69) is 21.4 Å². The van der Waals surface area contributed by atoms with E-state index in [1.54, 1.807) is 0 Å². The number of nitrogens with one attached hydrogen (secondary N) is 4. The van der Waals surface area contributed by atoms with Crippen molar-refractivity contribution in [1.82, 2.24) is 21.4 Å². The first-order valence-corrected chi connectivity index (χ1v) is 8.92. The van der Waals surface area contributed by atoms with Crippen molar-refractivity contribution in [3.8, 4) is 0 Å². The van der Waals surface area contributed by atoms with Crippen molar-refractivity contribution in [2.75, 3.05) is 13.1 Å². The van der Waals surface area contributed by atoms with Gasteiger partial charge in [0.05, 0.1) is 11.7 Å². The van der Waals surface area contributed by atoms with Gasteiger partial charge in [-0.1, -0.05) is 0 Å². The number of halogens is 1. The molecular weight excluding hydrogens is 288 g/mol. The molecule has 3 rings (SSSR count). The summed E-state index contributed by atoms with van der Waals surface area (Å²) in [4.78, 5) is 5.39. The Kier molecular flexibility index (Phi) is 5.76. The Bertz CT molecular complexity index is 325. The van der Waals surface area contributed by atoms with Crippen LogP contribution in [0, 0.1) is 11.8 Å². The molecule has 3 aliphatic rings. The Morgan fingerprint density at radius 2 is 2.00 bits per heavy atom. The van der Waals surface area contributed by atoms with Crippen LogP contribution in [-0.2, 0) is 4.84 Å². The van der Waals surface area contributed by atoms with Crippen LogP contribution >= 0.6 is 11.6 Å². The molecular formula is C15H29ClN4O. The van der Waals surface area contributed by atoms with E-state index in [0.717, 1.165) is 25.4 Å². The van der Waals surface area contributed by atoms with Crippen molar-refractivity contribution >= 4 is 11.6 Å². The molecule has 2 aliphatic heterocycles. The van der Waals surface area contributed by atoms with E-state index >= 15 is 0 Å². The average Bonchev–Trinajstić information content (AvgIpc) is 2.92. The summed E-state index contributed by atoms with van der Waals surface area (Å²) in [6.07, 6.45) is 7.94. The summed E-state index contributed by atoms with van der Waals surface area (Å²) in [5.41, 5.74) is 3.28. The maximum absolute atomic E-state index is 6.16. The topological polar surface area (TPSA) is 57.3 Å². The molecule has 4 unspecified atom stereocenters. The van der Waals surface area contributed by atoms with Crippen molar-refractivity contribution in [2.45, 2.75) is 69.4 Å². The number of hydrogen-bond donors (Lipinski definition) is 4. The van der Waals surface area contributed by atoms with Crippen LogP contribution in [0.4, 0.5) is 0 Å². The molecule has 4 N–H and O–H groups in total. The minimum absolute atomic E-state index is 0.137. The molecule has 6 heteroatoms. The molecule has 0 aromatic heterocycles. The summed E-state index contributed by atoms with van der Waals surface area (Å²) in [6, 6.07) is 0.596. The van der Waals surface area contributed by atoms with Gasteiger partial charge in [0.1, 0.15) is 6.23 Å². The lowest BCUT2D eigenvalue weighted by Gasteiger charge is -2.33. The lowest BCUT2D eigenvalue weighted by molar-refractivity contribution is 0.0251. The van der Waals surface area contributed by atoms with E-state index in [9.17, 15) is 0 Å². The standard InChI is InChI=1S/C15H29ClN4O/c1-10-19-15(20-21-10)12-4-2-11(3-5-12)9-18-13-6-7-17-14(16)8-13/h10-15,17-20H,2-9H2,1H3. The normalized spacial score (nSPS) is 44.9. The summed E-state index contributed by atoms with van der Waals surface area (Å²) in [5.74, 6) is 1.53. The average molecular weight is 317 g/mol. The maximum atomic E-state index is 6.16. The van der Waals surface area contributed by atoms with E-state index < -0.39 is 0 Å². The molecule has 1 saturated carbocycles. The van der Waals surface area contributed by atoms with Crippen molar-refractivity contribution in [1.29, 1.82) is 0 Å². The van der Waals surface area contributed by atoms with Crippen molar-refractivity contribution in [3.05, 3.63) is 0 Å². The second-order valence-corrected chi connectivity index (χ2v) is 7.38. The number of hydroxylamine groups is 1. The van der Waals surface area contributed by atoms with Gasteiger partial charge in [0.15, 0.2) is 0 Å². The van der Waals surface area contributed by atoms with Crippen molar-refractivity contribution in [2.24, 2.45) is 11.8 Å². The van der Waals surface area contributed by atoms with E-state index in [1.807, 2.05) is 6.92 Å². The maximum Gasteiger partial charge on any atom is 0.128 e. The zero-order valence-electron chi connectivity index (χ0n) is 12.9. The highest BCUT2D eigenvalue weighted by molar-refractivity contribution is 6.20. The Morgan fingerprint density at radius 1 is 1.19 bits per heavy atom. The molecule has 122 valence electrons. The third-order valence-electron chi connectivity index (χ3n) is 5.19. The fraction of sp³-hybridized carbons (Fsp3) is 1.00. The molecule has 0 aromatic carbocycles. The van der Waals surface area contributed by atoms with Crippen LogP contribution in [-0.4, -0.2) is 37.0 Å². The van der Waals surface area contributed by atoms with Crippen LogP contribution in [0.2, 0.25) is 0 Å². The van der Waals surface area contributed by atoms with Crippen LogP contribution in [0.5, 0.6) is 0 Å². The fourth-order valence-electron chi connectivity index (χ4n) is 3.84. The highest BCUT2D eigenvalue weighted by Crippen LogP contribution is 2.31. The van der Waals surface area contributed by atoms with Crippen LogP contribution in [0.15, 0.2) is 0 Å². The minimum Gasteiger partial charge on any atom is -0.314 e. The quantitative estimate of drug-likeness (QED) is 0.468. The Morgan fingerprint density at radius 3 is 2.67 bits per heavy atom. The van der Waals surface area contributed by atoms with Crippen LogP contribution < -0.4 is 21.4 Å². The van der Waals surface area contributed by atoms with Crippen LogP contribution in [0.25, 0.3) is 0 Å². The molecule has 2 heterocycles. The van der Waals surface area contributed by atoms with Gasteiger partial charge in [-0.3, -0.25) is 10.2 Å². The monoisotopic (exact) mass is 316 g/mol. The SMILES string of the molecule is CC1NC(C2CCC(CNC3CCNC(Cl)C3)CC2)NO1. The van der Waals surface area contributed by atoms with E-state index in [4.69, 9.17) is 16.4 Å². The first kappa shape index (κ1) is 16.0. The summed E-state index contributed by atoms with van der Waals surface area (Å²) >= 11 is 6.16. The largest absolute Gasteiger partial charge is 0.314 e. The zero-order valence-corrected chi connectivity index (χ0v) is 13.7. The molecule has 0 aromatic rings. The Hall–Kier alpha value is 0.0900. The number of alkyl halides is 1. The van der Waals surface area contributed by atoms with Crippen LogP contribution in [0.1, 0.15) is 45.4 Å². The van der Waals surface area contributed by atoms with E-state index in [1.165, 1.54) is 32.1 Å². The Balaban J connectivity index is 1.34. The third-order valence-corrected chi connectivity index (χ3v) is 5.53. The smallest absolute Gasteiger partial charge is 0.128 e. The third kappa shape index (κ3) is 4.53. The number of piperidine rings is 1. The summed E-state index contributed by atoms with van der Waals surface area (Å²) in [5, 5.41) is 10.5. The minimum atomic E-state index is 0.137. The fourth-order valence-corrected chi connectivity index (χ4v) is 4.16. The second kappa shape index (κ2) is 7.57. The van der Waals surface area contributed by atoms with Gasteiger partial charge in [-0.25, -0.2) is 0 Å². The summed E-state index contributed by atoms with van der Waals surface area (Å²) in [7, 11) is 0. The molecule has 3 fully saturated rings. The number of rotatable bonds is 4. The van der Waals surface area contributed by atoms with Gasteiger partial charge in [0.2, 0.25) is 0 Å². The summed E-state index contributed by atoms with van der Waals surface area (Å²) in [6.45, 7) is 4.24. The second-order valence-electron chi connectivity index (χ2n) is 6.85. The molecule has 21 heavy (non-hydrogen) atoms. The van der Waals surface area contributed by atoms with Crippen LogP contribution in [0.3, 0.4) is 0 Å². The van der Waals surface area contributed by atoms with Crippen molar-refractivity contribution in [3.63, 3.8) is 0 Å². The highest BCUT2D eigenvalue weighted by atomic mass is 35.5. The molecule has 0 spiro atoms.